The molecule has 1 aliphatic heterocycles. The van der Waals surface area contributed by atoms with Crippen molar-refractivity contribution < 1.29 is 22.4 Å². The Kier molecular flexibility index (Phi) is 7.39. The van der Waals surface area contributed by atoms with Crippen LogP contribution in [0.5, 0.6) is 0 Å². The SMILES string of the molecule is O=C(Cc1ccnc(-c2cc(F)cc(F)c2)c1C1CC1)N[C@@H]1[C@@H](N2CCN(C3CCC3)CC2)CCCC1(F)F. The Labute approximate surface area is 227 Å². The van der Waals surface area contributed by atoms with Gasteiger partial charge >= 0.3 is 0 Å². The van der Waals surface area contributed by atoms with Gasteiger partial charge in [-0.15, -0.1) is 0 Å². The molecular weight excluding hydrogens is 508 g/mol. The lowest BCUT2D eigenvalue weighted by Gasteiger charge is -2.49. The van der Waals surface area contributed by atoms with Gasteiger partial charge in [0.05, 0.1) is 12.1 Å². The first-order valence-corrected chi connectivity index (χ1v) is 14.4. The molecule has 5 nitrogen and oxygen atoms in total. The van der Waals surface area contributed by atoms with Gasteiger partial charge in [-0.2, -0.15) is 0 Å². The van der Waals surface area contributed by atoms with E-state index in [1.165, 1.54) is 37.6 Å². The summed E-state index contributed by atoms with van der Waals surface area (Å²) >= 11 is 0. The number of hydrogen-bond donors (Lipinski definition) is 1. The summed E-state index contributed by atoms with van der Waals surface area (Å²) < 4.78 is 58.5. The predicted octanol–water partition coefficient (Wildman–Crippen LogP) is 5.29. The first-order chi connectivity index (χ1) is 18.8. The van der Waals surface area contributed by atoms with E-state index in [1.807, 2.05) is 0 Å². The van der Waals surface area contributed by atoms with Gasteiger partial charge in [0.15, 0.2) is 0 Å². The Bertz CT molecular complexity index is 1190. The van der Waals surface area contributed by atoms with Crippen molar-refractivity contribution in [1.29, 1.82) is 0 Å². The number of carbonyl (C=O) groups excluding carboxylic acids is 1. The molecule has 1 saturated heterocycles. The molecule has 1 aromatic heterocycles. The number of alkyl halides is 2. The molecule has 0 unspecified atom stereocenters. The van der Waals surface area contributed by atoms with E-state index >= 15 is 8.78 Å². The Hall–Kier alpha value is -2.52. The second kappa shape index (κ2) is 10.8. The fourth-order valence-electron chi connectivity index (χ4n) is 6.74. The molecule has 0 radical (unpaired) electrons. The zero-order valence-electron chi connectivity index (χ0n) is 22.2. The topological polar surface area (TPSA) is 48.5 Å². The fraction of sp³-hybridized carbons (Fsp3) is 0.600. The standard InChI is InChI=1S/C30H36F4N4O/c31-22-15-21(16-23(32)18-22)28-27(19-6-7-19)20(8-10-35-28)17-26(39)36-29-25(5-2-9-30(29,33)34)38-13-11-37(12-14-38)24-3-1-4-24/h8,10,15-16,18-19,24-25,29H,1-7,9,11-14,17H2,(H,36,39)/t25-,29+/m0/s1. The summed E-state index contributed by atoms with van der Waals surface area (Å²) in [4.78, 5) is 22.4. The van der Waals surface area contributed by atoms with E-state index in [1.54, 1.807) is 6.07 Å². The van der Waals surface area contributed by atoms with E-state index in [2.05, 4.69) is 20.1 Å². The molecule has 4 fully saturated rings. The monoisotopic (exact) mass is 544 g/mol. The molecule has 3 aliphatic carbocycles. The molecule has 6 rings (SSSR count). The number of rotatable bonds is 7. The Morgan fingerprint density at radius 3 is 2.28 bits per heavy atom. The third-order valence-corrected chi connectivity index (χ3v) is 9.13. The summed E-state index contributed by atoms with van der Waals surface area (Å²) in [6.07, 6.45) is 7.81. The van der Waals surface area contributed by atoms with Gasteiger partial charge in [-0.1, -0.05) is 6.42 Å². The number of pyridine rings is 1. The fourth-order valence-corrected chi connectivity index (χ4v) is 6.74. The lowest BCUT2D eigenvalue weighted by Crippen LogP contribution is -2.65. The average Bonchev–Trinajstić information content (AvgIpc) is 3.69. The van der Waals surface area contributed by atoms with Crippen molar-refractivity contribution in [2.24, 2.45) is 0 Å². The van der Waals surface area contributed by atoms with E-state index in [0.29, 0.717) is 35.7 Å². The zero-order valence-corrected chi connectivity index (χ0v) is 22.2. The quantitative estimate of drug-likeness (QED) is 0.482. The van der Waals surface area contributed by atoms with Crippen LogP contribution in [0.2, 0.25) is 0 Å². The summed E-state index contributed by atoms with van der Waals surface area (Å²) in [5, 5.41) is 2.74. The molecule has 4 aliphatic rings. The van der Waals surface area contributed by atoms with Crippen LogP contribution >= 0.6 is 0 Å². The van der Waals surface area contributed by atoms with E-state index in [9.17, 15) is 13.6 Å². The van der Waals surface area contributed by atoms with Crippen molar-refractivity contribution in [2.75, 3.05) is 26.2 Å². The predicted molar refractivity (Wildman–Crippen MR) is 141 cm³/mol. The van der Waals surface area contributed by atoms with Crippen LogP contribution in [0.15, 0.2) is 30.5 Å². The maximum atomic E-state index is 15.3. The minimum atomic E-state index is -2.98. The molecular formula is C30H36F4N4O. The number of aromatic nitrogens is 1. The van der Waals surface area contributed by atoms with Crippen molar-refractivity contribution in [3.8, 4) is 11.3 Å². The Balaban J connectivity index is 1.19. The van der Waals surface area contributed by atoms with Gasteiger partial charge in [0, 0.05) is 62.5 Å². The Morgan fingerprint density at radius 2 is 1.64 bits per heavy atom. The van der Waals surface area contributed by atoms with Crippen LogP contribution in [-0.2, 0) is 11.2 Å². The molecule has 2 aromatic rings. The Morgan fingerprint density at radius 1 is 0.949 bits per heavy atom. The maximum absolute atomic E-state index is 15.3. The third kappa shape index (κ3) is 5.71. The highest BCUT2D eigenvalue weighted by Crippen LogP contribution is 2.46. The maximum Gasteiger partial charge on any atom is 0.269 e. The number of benzene rings is 1. The summed E-state index contributed by atoms with van der Waals surface area (Å²) in [5.74, 6) is -4.69. The number of carbonyl (C=O) groups is 1. The number of halogens is 4. The first kappa shape index (κ1) is 26.7. The van der Waals surface area contributed by atoms with E-state index in [0.717, 1.165) is 50.7 Å². The average molecular weight is 545 g/mol. The van der Waals surface area contributed by atoms with Crippen LogP contribution in [0.3, 0.4) is 0 Å². The van der Waals surface area contributed by atoms with Crippen LogP contribution in [0.1, 0.15) is 68.4 Å². The van der Waals surface area contributed by atoms with Gasteiger partial charge < -0.3 is 5.32 Å². The van der Waals surface area contributed by atoms with E-state index in [-0.39, 0.29) is 18.8 Å². The van der Waals surface area contributed by atoms with Crippen molar-refractivity contribution in [1.82, 2.24) is 20.1 Å². The van der Waals surface area contributed by atoms with Gasteiger partial charge in [0.1, 0.15) is 17.7 Å². The van der Waals surface area contributed by atoms with Crippen LogP contribution in [-0.4, -0.2) is 70.9 Å². The molecule has 39 heavy (non-hydrogen) atoms. The van der Waals surface area contributed by atoms with Gasteiger partial charge in [0.2, 0.25) is 5.91 Å². The van der Waals surface area contributed by atoms with Gasteiger partial charge in [-0.05, 0) is 73.8 Å². The summed E-state index contributed by atoms with van der Waals surface area (Å²) in [5.41, 5.74) is 2.23. The highest BCUT2D eigenvalue weighted by atomic mass is 19.3. The molecule has 1 aromatic carbocycles. The molecule has 0 spiro atoms. The third-order valence-electron chi connectivity index (χ3n) is 9.13. The lowest BCUT2D eigenvalue weighted by atomic mass is 9.85. The van der Waals surface area contributed by atoms with Crippen LogP contribution in [0.4, 0.5) is 17.6 Å². The molecule has 2 atom stereocenters. The molecule has 1 amide bonds. The van der Waals surface area contributed by atoms with Crippen LogP contribution in [0, 0.1) is 11.6 Å². The molecule has 1 N–H and O–H groups in total. The lowest BCUT2D eigenvalue weighted by molar-refractivity contribution is -0.133. The summed E-state index contributed by atoms with van der Waals surface area (Å²) in [6.45, 7) is 3.26. The van der Waals surface area contributed by atoms with Crippen LogP contribution < -0.4 is 5.32 Å². The summed E-state index contributed by atoms with van der Waals surface area (Å²) in [7, 11) is 0. The second-order valence-electron chi connectivity index (χ2n) is 11.8. The van der Waals surface area contributed by atoms with Crippen molar-refractivity contribution in [2.45, 2.75) is 87.8 Å². The minimum absolute atomic E-state index is 0.0755. The van der Waals surface area contributed by atoms with Crippen molar-refractivity contribution in [3.05, 3.63) is 53.2 Å². The van der Waals surface area contributed by atoms with Crippen molar-refractivity contribution >= 4 is 5.91 Å². The highest BCUT2D eigenvalue weighted by molar-refractivity contribution is 5.80. The number of amides is 1. The largest absolute Gasteiger partial charge is 0.345 e. The van der Waals surface area contributed by atoms with E-state index in [4.69, 9.17) is 0 Å². The van der Waals surface area contributed by atoms with Crippen molar-refractivity contribution in [3.63, 3.8) is 0 Å². The molecule has 2 heterocycles. The smallest absolute Gasteiger partial charge is 0.269 e. The molecule has 3 saturated carbocycles. The van der Waals surface area contributed by atoms with Crippen LogP contribution in [0.25, 0.3) is 11.3 Å². The zero-order chi connectivity index (χ0) is 27.1. The van der Waals surface area contributed by atoms with E-state index < -0.39 is 35.5 Å². The van der Waals surface area contributed by atoms with Gasteiger partial charge in [0.25, 0.3) is 5.92 Å². The molecule has 0 bridgehead atoms. The number of piperazine rings is 1. The molecule has 210 valence electrons. The van der Waals surface area contributed by atoms with Gasteiger partial charge in [-0.3, -0.25) is 19.6 Å². The normalized spacial score (nSPS) is 26.3. The number of nitrogens with zero attached hydrogens (tertiary/aromatic N) is 3. The molecule has 9 heteroatoms. The first-order valence-electron chi connectivity index (χ1n) is 14.4. The minimum Gasteiger partial charge on any atom is -0.345 e. The highest BCUT2D eigenvalue weighted by Gasteiger charge is 2.50. The number of hydrogen-bond acceptors (Lipinski definition) is 4. The second-order valence-corrected chi connectivity index (χ2v) is 11.8. The van der Waals surface area contributed by atoms with Gasteiger partial charge in [-0.25, -0.2) is 17.6 Å². The summed E-state index contributed by atoms with van der Waals surface area (Å²) in [6, 6.07) is 4.02. The number of nitrogens with one attached hydrogen (secondary N) is 1.